The number of esters is 1. The SMILES string of the molecule is CCOC(=O)c1ccc(NC(=O)CCSc2nc3ccccc3o2)cc1. The van der Waals surface area contributed by atoms with Crippen molar-refractivity contribution in [1.82, 2.24) is 4.98 Å². The zero-order chi connectivity index (χ0) is 18.4. The molecule has 0 saturated carbocycles. The Labute approximate surface area is 154 Å². The Morgan fingerprint density at radius 2 is 1.92 bits per heavy atom. The first-order chi connectivity index (χ1) is 12.7. The monoisotopic (exact) mass is 370 g/mol. The lowest BCUT2D eigenvalue weighted by Gasteiger charge is -2.06. The lowest BCUT2D eigenvalue weighted by molar-refractivity contribution is -0.115. The Balaban J connectivity index is 1.47. The van der Waals surface area contributed by atoms with Crippen LogP contribution in [0.1, 0.15) is 23.7 Å². The minimum atomic E-state index is -0.375. The number of thioether (sulfide) groups is 1. The first-order valence-electron chi connectivity index (χ1n) is 8.21. The van der Waals surface area contributed by atoms with Crippen molar-refractivity contribution in [2.75, 3.05) is 17.7 Å². The number of oxazole rings is 1. The van der Waals surface area contributed by atoms with E-state index in [1.807, 2.05) is 24.3 Å². The van der Waals surface area contributed by atoms with Crippen LogP contribution in [0.5, 0.6) is 0 Å². The predicted molar refractivity (Wildman–Crippen MR) is 100 cm³/mol. The number of carbonyl (C=O) groups is 2. The van der Waals surface area contributed by atoms with Gasteiger partial charge in [-0.15, -0.1) is 0 Å². The molecule has 1 heterocycles. The van der Waals surface area contributed by atoms with Crippen molar-refractivity contribution >= 4 is 40.4 Å². The summed E-state index contributed by atoms with van der Waals surface area (Å²) in [7, 11) is 0. The van der Waals surface area contributed by atoms with E-state index < -0.39 is 0 Å². The zero-order valence-electron chi connectivity index (χ0n) is 14.2. The lowest BCUT2D eigenvalue weighted by Crippen LogP contribution is -2.12. The van der Waals surface area contributed by atoms with E-state index in [1.54, 1.807) is 31.2 Å². The summed E-state index contributed by atoms with van der Waals surface area (Å²) < 4.78 is 10.5. The number of anilines is 1. The van der Waals surface area contributed by atoms with Gasteiger partial charge in [-0.2, -0.15) is 0 Å². The second-order valence-electron chi connectivity index (χ2n) is 5.39. The van der Waals surface area contributed by atoms with E-state index in [2.05, 4.69) is 10.3 Å². The van der Waals surface area contributed by atoms with Crippen molar-refractivity contribution in [3.8, 4) is 0 Å². The van der Waals surface area contributed by atoms with Crippen LogP contribution in [0, 0.1) is 0 Å². The normalized spacial score (nSPS) is 10.7. The number of aromatic nitrogens is 1. The molecule has 0 aliphatic rings. The van der Waals surface area contributed by atoms with Crippen molar-refractivity contribution < 1.29 is 18.7 Å². The number of nitrogens with one attached hydrogen (secondary N) is 1. The molecule has 2 aromatic carbocycles. The molecule has 1 amide bonds. The molecular formula is C19H18N2O4S. The first kappa shape index (κ1) is 18.0. The predicted octanol–water partition coefficient (Wildman–Crippen LogP) is 4.13. The molecule has 0 atom stereocenters. The van der Waals surface area contributed by atoms with E-state index in [9.17, 15) is 9.59 Å². The molecule has 6 nitrogen and oxygen atoms in total. The molecule has 0 aliphatic heterocycles. The maximum absolute atomic E-state index is 12.0. The maximum Gasteiger partial charge on any atom is 0.338 e. The fraction of sp³-hybridized carbons (Fsp3) is 0.211. The summed E-state index contributed by atoms with van der Waals surface area (Å²) in [5.41, 5.74) is 2.63. The van der Waals surface area contributed by atoms with Crippen molar-refractivity contribution in [3.05, 3.63) is 54.1 Å². The molecule has 7 heteroatoms. The van der Waals surface area contributed by atoms with Gasteiger partial charge in [0.05, 0.1) is 12.2 Å². The minimum Gasteiger partial charge on any atom is -0.462 e. The number of hydrogen-bond acceptors (Lipinski definition) is 6. The van der Waals surface area contributed by atoms with Crippen LogP contribution >= 0.6 is 11.8 Å². The van der Waals surface area contributed by atoms with Crippen LogP contribution in [0.15, 0.2) is 58.2 Å². The third-order valence-corrected chi connectivity index (χ3v) is 4.34. The van der Waals surface area contributed by atoms with Gasteiger partial charge in [-0.05, 0) is 43.3 Å². The van der Waals surface area contributed by atoms with E-state index in [0.717, 1.165) is 11.1 Å². The molecule has 134 valence electrons. The molecule has 0 aliphatic carbocycles. The summed E-state index contributed by atoms with van der Waals surface area (Å²) in [6.45, 7) is 2.08. The second kappa shape index (κ2) is 8.53. The lowest BCUT2D eigenvalue weighted by atomic mass is 10.2. The molecule has 0 fully saturated rings. The van der Waals surface area contributed by atoms with Crippen LogP contribution in [0.4, 0.5) is 5.69 Å². The third kappa shape index (κ3) is 4.64. The Kier molecular flexibility index (Phi) is 5.91. The molecule has 0 bridgehead atoms. The highest BCUT2D eigenvalue weighted by atomic mass is 32.2. The fourth-order valence-corrected chi connectivity index (χ4v) is 3.05. The smallest absolute Gasteiger partial charge is 0.338 e. The van der Waals surface area contributed by atoms with Crippen molar-refractivity contribution in [2.24, 2.45) is 0 Å². The van der Waals surface area contributed by atoms with Crippen LogP contribution in [0.3, 0.4) is 0 Å². The van der Waals surface area contributed by atoms with E-state index in [1.165, 1.54) is 11.8 Å². The molecule has 0 saturated heterocycles. The molecular weight excluding hydrogens is 352 g/mol. The van der Waals surface area contributed by atoms with Crippen LogP contribution in [0.25, 0.3) is 11.1 Å². The third-order valence-electron chi connectivity index (χ3n) is 3.51. The molecule has 26 heavy (non-hydrogen) atoms. The van der Waals surface area contributed by atoms with Crippen molar-refractivity contribution in [3.63, 3.8) is 0 Å². The largest absolute Gasteiger partial charge is 0.462 e. The van der Waals surface area contributed by atoms with Crippen molar-refractivity contribution in [2.45, 2.75) is 18.6 Å². The minimum absolute atomic E-state index is 0.113. The van der Waals surface area contributed by atoms with Crippen LogP contribution in [-0.2, 0) is 9.53 Å². The van der Waals surface area contributed by atoms with Gasteiger partial charge < -0.3 is 14.5 Å². The molecule has 1 N–H and O–H groups in total. The summed E-state index contributed by atoms with van der Waals surface area (Å²) in [6, 6.07) is 14.1. The average molecular weight is 370 g/mol. The van der Waals surface area contributed by atoms with Crippen LogP contribution in [0.2, 0.25) is 0 Å². The number of para-hydroxylation sites is 2. The molecule has 3 aromatic rings. The summed E-state index contributed by atoms with van der Waals surface area (Å²) in [5.74, 6) is 0.0668. The van der Waals surface area contributed by atoms with Gasteiger partial charge in [-0.1, -0.05) is 23.9 Å². The summed E-state index contributed by atoms with van der Waals surface area (Å²) in [4.78, 5) is 28.0. The van der Waals surface area contributed by atoms with E-state index >= 15 is 0 Å². The van der Waals surface area contributed by atoms with E-state index in [0.29, 0.717) is 35.3 Å². The van der Waals surface area contributed by atoms with Crippen LogP contribution in [-0.4, -0.2) is 29.2 Å². The molecule has 0 unspecified atom stereocenters. The zero-order valence-corrected chi connectivity index (χ0v) is 15.0. The Hall–Kier alpha value is -2.80. The topological polar surface area (TPSA) is 81.4 Å². The number of hydrogen-bond donors (Lipinski definition) is 1. The Bertz CT molecular complexity index is 872. The van der Waals surface area contributed by atoms with Gasteiger partial charge in [0.15, 0.2) is 5.58 Å². The molecule has 3 rings (SSSR count). The average Bonchev–Trinajstić information content (AvgIpc) is 3.05. The Morgan fingerprint density at radius 3 is 2.65 bits per heavy atom. The molecule has 0 spiro atoms. The number of fused-ring (bicyclic) bond motifs is 1. The van der Waals surface area contributed by atoms with Crippen LogP contribution < -0.4 is 5.32 Å². The highest BCUT2D eigenvalue weighted by molar-refractivity contribution is 7.99. The molecule has 1 aromatic heterocycles. The fourth-order valence-electron chi connectivity index (χ4n) is 2.27. The Morgan fingerprint density at radius 1 is 1.15 bits per heavy atom. The van der Waals surface area contributed by atoms with E-state index in [4.69, 9.17) is 9.15 Å². The number of carbonyl (C=O) groups excluding carboxylic acids is 2. The standard InChI is InChI=1S/C19H18N2O4S/c1-2-24-18(23)13-7-9-14(10-8-13)20-17(22)11-12-26-19-21-15-5-3-4-6-16(15)25-19/h3-10H,2,11-12H2,1H3,(H,20,22). The number of benzene rings is 2. The first-order valence-corrected chi connectivity index (χ1v) is 9.19. The highest BCUT2D eigenvalue weighted by Crippen LogP contribution is 2.23. The number of nitrogens with zero attached hydrogens (tertiary/aromatic N) is 1. The van der Waals surface area contributed by atoms with Gasteiger partial charge in [0.2, 0.25) is 5.91 Å². The number of rotatable bonds is 7. The van der Waals surface area contributed by atoms with Gasteiger partial charge in [0.25, 0.3) is 5.22 Å². The van der Waals surface area contributed by atoms with Gasteiger partial charge >= 0.3 is 5.97 Å². The summed E-state index contributed by atoms with van der Waals surface area (Å²) in [6.07, 6.45) is 0.322. The van der Waals surface area contributed by atoms with E-state index in [-0.39, 0.29) is 11.9 Å². The quantitative estimate of drug-likeness (QED) is 0.497. The maximum atomic E-state index is 12.0. The van der Waals surface area contributed by atoms with Gasteiger partial charge in [0.1, 0.15) is 5.52 Å². The molecule has 0 radical (unpaired) electrons. The highest BCUT2D eigenvalue weighted by Gasteiger charge is 2.09. The summed E-state index contributed by atoms with van der Waals surface area (Å²) in [5, 5.41) is 3.35. The number of amides is 1. The summed E-state index contributed by atoms with van der Waals surface area (Å²) >= 11 is 1.40. The van der Waals surface area contributed by atoms with Crippen molar-refractivity contribution in [1.29, 1.82) is 0 Å². The number of ether oxygens (including phenoxy) is 1. The van der Waals surface area contributed by atoms with Gasteiger partial charge in [0, 0.05) is 17.9 Å². The van der Waals surface area contributed by atoms with Gasteiger partial charge in [-0.25, -0.2) is 9.78 Å². The second-order valence-corrected chi connectivity index (χ2v) is 6.44. The van der Waals surface area contributed by atoms with Gasteiger partial charge in [-0.3, -0.25) is 4.79 Å².